The molecule has 7 nitrogen and oxygen atoms in total. The summed E-state index contributed by atoms with van der Waals surface area (Å²) in [6.07, 6.45) is 0. The zero-order chi connectivity index (χ0) is 17.3. The molecule has 1 heterocycles. The first-order chi connectivity index (χ1) is 11.5. The van der Waals surface area contributed by atoms with Crippen molar-refractivity contribution < 1.29 is 23.3 Å². The van der Waals surface area contributed by atoms with E-state index in [1.54, 1.807) is 24.3 Å². The summed E-state index contributed by atoms with van der Waals surface area (Å²) in [4.78, 5) is 34.1. The van der Waals surface area contributed by atoms with E-state index in [0.717, 1.165) is 12.1 Å². The molecule has 24 heavy (non-hydrogen) atoms. The summed E-state index contributed by atoms with van der Waals surface area (Å²) in [7, 11) is 0. The van der Waals surface area contributed by atoms with Crippen LogP contribution in [0.25, 0.3) is 11.0 Å². The molecule has 8 heteroatoms. The molecule has 120 valence electrons. The Balaban J connectivity index is 2.02. The Kier molecular flexibility index (Phi) is 3.78. The minimum absolute atomic E-state index is 0.274. The van der Waals surface area contributed by atoms with Gasteiger partial charge in [0, 0.05) is 17.5 Å². The fraction of sp³-hybridized carbons (Fsp3) is 0. The number of hydrogen-bond donors (Lipinski definition) is 0. The van der Waals surface area contributed by atoms with Crippen LogP contribution >= 0.6 is 0 Å². The van der Waals surface area contributed by atoms with E-state index in [4.69, 9.17) is 9.15 Å². The third kappa shape index (κ3) is 2.84. The molecule has 0 aliphatic carbocycles. The zero-order valence-corrected chi connectivity index (χ0v) is 11.9. The van der Waals surface area contributed by atoms with E-state index in [1.165, 1.54) is 6.07 Å². The predicted octanol–water partition coefficient (Wildman–Crippen LogP) is 3.06. The summed E-state index contributed by atoms with van der Waals surface area (Å²) in [6.45, 7) is 0. The molecule has 0 N–H and O–H groups in total. The number of nitro benzene ring substituents is 1. The number of para-hydroxylation sites is 1. The molecule has 0 bridgehead atoms. The SMILES string of the molecule is O=C(Oc1cc(F)ccc1[N+](=O)[O-])c1cc2ccccc2oc1=O. The fourth-order valence-electron chi connectivity index (χ4n) is 2.08. The molecule has 0 atom stereocenters. The van der Waals surface area contributed by atoms with Gasteiger partial charge in [0.2, 0.25) is 5.75 Å². The van der Waals surface area contributed by atoms with E-state index in [-0.39, 0.29) is 5.58 Å². The van der Waals surface area contributed by atoms with Gasteiger partial charge in [-0.05, 0) is 18.2 Å². The van der Waals surface area contributed by atoms with Crippen molar-refractivity contribution in [2.45, 2.75) is 0 Å². The summed E-state index contributed by atoms with van der Waals surface area (Å²) >= 11 is 0. The second-order valence-electron chi connectivity index (χ2n) is 4.74. The van der Waals surface area contributed by atoms with E-state index in [2.05, 4.69) is 0 Å². The molecular weight excluding hydrogens is 321 g/mol. The molecule has 0 radical (unpaired) electrons. The normalized spacial score (nSPS) is 10.5. The van der Waals surface area contributed by atoms with Crippen LogP contribution in [0.4, 0.5) is 10.1 Å². The summed E-state index contributed by atoms with van der Waals surface area (Å²) < 4.78 is 23.1. The number of carbonyl (C=O) groups is 1. The Hall–Kier alpha value is -3.55. The van der Waals surface area contributed by atoms with E-state index in [0.29, 0.717) is 11.5 Å². The molecule has 0 saturated heterocycles. The highest BCUT2D eigenvalue weighted by Gasteiger charge is 2.22. The summed E-state index contributed by atoms with van der Waals surface area (Å²) in [5.41, 5.74) is -1.74. The molecule has 0 fully saturated rings. The molecule has 0 unspecified atom stereocenters. The van der Waals surface area contributed by atoms with E-state index < -0.39 is 39.3 Å². The second kappa shape index (κ2) is 5.92. The van der Waals surface area contributed by atoms with Gasteiger partial charge < -0.3 is 9.15 Å². The summed E-state index contributed by atoms with van der Waals surface area (Å²) in [6, 6.07) is 10.1. The van der Waals surface area contributed by atoms with Gasteiger partial charge >= 0.3 is 17.3 Å². The number of halogens is 1. The van der Waals surface area contributed by atoms with E-state index >= 15 is 0 Å². The maximum absolute atomic E-state index is 13.3. The number of ether oxygens (including phenoxy) is 1. The van der Waals surface area contributed by atoms with Crippen LogP contribution in [0.3, 0.4) is 0 Å². The van der Waals surface area contributed by atoms with Gasteiger partial charge in [0.25, 0.3) is 0 Å². The molecule has 0 spiro atoms. The van der Waals surface area contributed by atoms with E-state index in [1.807, 2.05) is 0 Å². The molecule has 3 rings (SSSR count). The number of carbonyl (C=O) groups excluding carboxylic acids is 1. The molecule has 0 aliphatic rings. The van der Waals surface area contributed by atoms with Crippen LogP contribution in [0.15, 0.2) is 57.7 Å². The highest BCUT2D eigenvalue weighted by Crippen LogP contribution is 2.28. The minimum Gasteiger partial charge on any atom is -0.422 e. The number of nitro groups is 1. The summed E-state index contributed by atoms with van der Waals surface area (Å²) in [5.74, 6) is -2.60. The number of benzene rings is 2. The number of fused-ring (bicyclic) bond motifs is 1. The van der Waals surface area contributed by atoms with Gasteiger partial charge in [0.05, 0.1) is 4.92 Å². The average molecular weight is 329 g/mol. The van der Waals surface area contributed by atoms with Crippen LogP contribution in [-0.2, 0) is 0 Å². The first kappa shape index (κ1) is 15.3. The van der Waals surface area contributed by atoms with Gasteiger partial charge in [-0.3, -0.25) is 10.1 Å². The molecule has 3 aromatic rings. The van der Waals surface area contributed by atoms with Gasteiger partial charge in [0.15, 0.2) is 0 Å². The molecular formula is C16H8FNO6. The molecule has 1 aromatic heterocycles. The van der Waals surface area contributed by atoms with Crippen LogP contribution in [0.5, 0.6) is 5.75 Å². The molecule has 0 saturated carbocycles. The average Bonchev–Trinajstić information content (AvgIpc) is 2.53. The maximum Gasteiger partial charge on any atom is 0.351 e. The van der Waals surface area contributed by atoms with Crippen molar-refractivity contribution in [2.75, 3.05) is 0 Å². The Morgan fingerprint density at radius 2 is 1.92 bits per heavy atom. The highest BCUT2D eigenvalue weighted by molar-refractivity contribution is 5.94. The zero-order valence-electron chi connectivity index (χ0n) is 11.9. The van der Waals surface area contributed by atoms with Crippen molar-refractivity contribution >= 4 is 22.6 Å². The molecule has 0 aliphatic heterocycles. The lowest BCUT2D eigenvalue weighted by Gasteiger charge is -2.05. The quantitative estimate of drug-likeness (QED) is 0.241. The third-order valence-electron chi connectivity index (χ3n) is 3.18. The van der Waals surface area contributed by atoms with Crippen LogP contribution < -0.4 is 10.4 Å². The number of esters is 1. The first-order valence-corrected chi connectivity index (χ1v) is 6.65. The number of hydrogen-bond acceptors (Lipinski definition) is 6. The van der Waals surface area contributed by atoms with Crippen molar-refractivity contribution in [3.05, 3.63) is 80.4 Å². The van der Waals surface area contributed by atoms with Crippen molar-refractivity contribution in [1.29, 1.82) is 0 Å². The van der Waals surface area contributed by atoms with Crippen molar-refractivity contribution in [3.63, 3.8) is 0 Å². The lowest BCUT2D eigenvalue weighted by molar-refractivity contribution is -0.385. The monoisotopic (exact) mass is 329 g/mol. The standard InChI is InChI=1S/C16H8FNO6/c17-10-5-6-12(18(21)22)14(8-10)24-16(20)11-7-9-3-1-2-4-13(9)23-15(11)19/h1-8H. The highest BCUT2D eigenvalue weighted by atomic mass is 19.1. The van der Waals surface area contributed by atoms with E-state index in [9.17, 15) is 24.1 Å². The van der Waals surface area contributed by atoms with Crippen LogP contribution in [0.1, 0.15) is 10.4 Å². The topological polar surface area (TPSA) is 99.7 Å². The van der Waals surface area contributed by atoms with Crippen molar-refractivity contribution in [1.82, 2.24) is 0 Å². The Morgan fingerprint density at radius 1 is 1.17 bits per heavy atom. The Bertz CT molecular complexity index is 1030. The predicted molar refractivity (Wildman–Crippen MR) is 80.5 cm³/mol. The lowest BCUT2D eigenvalue weighted by Crippen LogP contribution is -2.19. The fourth-order valence-corrected chi connectivity index (χ4v) is 2.08. The third-order valence-corrected chi connectivity index (χ3v) is 3.18. The largest absolute Gasteiger partial charge is 0.422 e. The van der Waals surface area contributed by atoms with Crippen molar-refractivity contribution in [3.8, 4) is 5.75 Å². The number of nitrogens with zero attached hydrogens (tertiary/aromatic N) is 1. The second-order valence-corrected chi connectivity index (χ2v) is 4.74. The van der Waals surface area contributed by atoms with Crippen LogP contribution in [0, 0.1) is 15.9 Å². The summed E-state index contributed by atoms with van der Waals surface area (Å²) in [5, 5.41) is 11.4. The van der Waals surface area contributed by atoms with Crippen molar-refractivity contribution in [2.24, 2.45) is 0 Å². The number of rotatable bonds is 3. The van der Waals surface area contributed by atoms with Gasteiger partial charge in [-0.1, -0.05) is 18.2 Å². The minimum atomic E-state index is -1.18. The smallest absolute Gasteiger partial charge is 0.351 e. The van der Waals surface area contributed by atoms with Gasteiger partial charge in [-0.15, -0.1) is 0 Å². The Labute approximate surface area is 133 Å². The first-order valence-electron chi connectivity index (χ1n) is 6.65. The van der Waals surface area contributed by atoms with Gasteiger partial charge in [0.1, 0.15) is 17.0 Å². The van der Waals surface area contributed by atoms with Gasteiger partial charge in [-0.2, -0.15) is 0 Å². The van der Waals surface area contributed by atoms with Crippen LogP contribution in [0.2, 0.25) is 0 Å². The van der Waals surface area contributed by atoms with Crippen LogP contribution in [-0.4, -0.2) is 10.9 Å². The maximum atomic E-state index is 13.3. The van der Waals surface area contributed by atoms with Gasteiger partial charge in [-0.25, -0.2) is 14.0 Å². The molecule has 2 aromatic carbocycles. The molecule has 0 amide bonds. The Morgan fingerprint density at radius 3 is 2.67 bits per heavy atom. The lowest BCUT2D eigenvalue weighted by atomic mass is 10.2.